The molecule has 13 heteroatoms. The number of pyridine rings is 1. The summed E-state index contributed by atoms with van der Waals surface area (Å²) in [5, 5.41) is 5.48. The minimum absolute atomic E-state index is 0.0569. The Morgan fingerprint density at radius 3 is 2.41 bits per heavy atom. The van der Waals surface area contributed by atoms with Gasteiger partial charge in [-0.05, 0) is 36.8 Å². The van der Waals surface area contributed by atoms with Crippen LogP contribution in [0.2, 0.25) is 0 Å². The van der Waals surface area contributed by atoms with Gasteiger partial charge >= 0.3 is 6.18 Å². The molecule has 4 N–H and O–H groups in total. The number of alkyl halides is 3. The quantitative estimate of drug-likeness (QED) is 0.432. The third kappa shape index (κ3) is 6.11. The van der Waals surface area contributed by atoms with E-state index in [0.29, 0.717) is 11.9 Å². The molecule has 0 aliphatic rings. The number of hydrogen-bond donors (Lipinski definition) is 3. The summed E-state index contributed by atoms with van der Waals surface area (Å²) in [6.07, 6.45) is -1.60. The van der Waals surface area contributed by atoms with Crippen molar-refractivity contribution in [2.24, 2.45) is 5.73 Å². The van der Waals surface area contributed by atoms with E-state index in [9.17, 15) is 21.6 Å². The molecule has 0 bridgehead atoms. The van der Waals surface area contributed by atoms with Gasteiger partial charge in [0.2, 0.25) is 16.0 Å². The molecular weight excluding hydrogens is 471 g/mol. The maximum Gasteiger partial charge on any atom is 0.421 e. The third-order valence-electron chi connectivity index (χ3n) is 4.91. The second-order valence-corrected chi connectivity index (χ2v) is 9.56. The summed E-state index contributed by atoms with van der Waals surface area (Å²) in [7, 11) is -2.27. The predicted octanol–water partition coefficient (Wildman–Crippen LogP) is 3.66. The predicted molar refractivity (Wildman–Crippen MR) is 124 cm³/mol. The van der Waals surface area contributed by atoms with E-state index in [-0.39, 0.29) is 29.9 Å². The minimum atomic E-state index is -4.71. The highest BCUT2D eigenvalue weighted by molar-refractivity contribution is 7.92. The zero-order valence-corrected chi connectivity index (χ0v) is 19.4. The Morgan fingerprint density at radius 1 is 1.15 bits per heavy atom. The SMILES string of the molecule is CC(N)c1ccc(Nc2ncc(C(F)(F)F)c(NCc3ncccc3N(C)S(C)(=O)=O)n2)cc1. The van der Waals surface area contributed by atoms with Crippen LogP contribution in [0.4, 0.5) is 36.3 Å². The van der Waals surface area contributed by atoms with Gasteiger partial charge in [-0.3, -0.25) is 9.29 Å². The Kier molecular flexibility index (Phi) is 7.26. The lowest BCUT2D eigenvalue weighted by atomic mass is 10.1. The van der Waals surface area contributed by atoms with Crippen LogP contribution in [0, 0.1) is 0 Å². The maximum atomic E-state index is 13.6. The largest absolute Gasteiger partial charge is 0.421 e. The molecule has 2 aromatic heterocycles. The number of nitrogens with two attached hydrogens (primary N) is 1. The van der Waals surface area contributed by atoms with E-state index < -0.39 is 27.6 Å². The van der Waals surface area contributed by atoms with Crippen molar-refractivity contribution in [1.29, 1.82) is 0 Å². The Bertz CT molecular complexity index is 1250. The van der Waals surface area contributed by atoms with Crippen LogP contribution in [0.5, 0.6) is 0 Å². The molecule has 3 rings (SSSR count). The fraction of sp³-hybridized carbons (Fsp3) is 0.286. The molecule has 0 aliphatic carbocycles. The molecule has 182 valence electrons. The fourth-order valence-corrected chi connectivity index (χ4v) is 3.51. The number of nitrogens with zero attached hydrogens (tertiary/aromatic N) is 4. The summed E-state index contributed by atoms with van der Waals surface area (Å²) in [5.74, 6) is -0.533. The van der Waals surface area contributed by atoms with Crippen molar-refractivity contribution in [3.63, 3.8) is 0 Å². The first-order chi connectivity index (χ1) is 15.9. The van der Waals surface area contributed by atoms with Gasteiger partial charge in [0.05, 0.1) is 24.2 Å². The first-order valence-electron chi connectivity index (χ1n) is 10.0. The molecule has 9 nitrogen and oxygen atoms in total. The summed E-state index contributed by atoms with van der Waals surface area (Å²) in [6, 6.07) is 9.89. The Labute approximate surface area is 195 Å². The lowest BCUT2D eigenvalue weighted by molar-refractivity contribution is -0.137. The molecule has 2 heterocycles. The molecule has 1 aromatic carbocycles. The lowest BCUT2D eigenvalue weighted by Crippen LogP contribution is -2.26. The second kappa shape index (κ2) is 9.81. The lowest BCUT2D eigenvalue weighted by Gasteiger charge is -2.20. The van der Waals surface area contributed by atoms with Crippen molar-refractivity contribution < 1.29 is 21.6 Å². The first kappa shape index (κ1) is 25.2. The smallest absolute Gasteiger partial charge is 0.364 e. The van der Waals surface area contributed by atoms with E-state index in [2.05, 4.69) is 25.6 Å². The van der Waals surface area contributed by atoms with Gasteiger partial charge in [0, 0.05) is 31.2 Å². The van der Waals surface area contributed by atoms with Gasteiger partial charge in [0.15, 0.2) is 0 Å². The zero-order valence-electron chi connectivity index (χ0n) is 18.6. The van der Waals surface area contributed by atoms with Crippen LogP contribution < -0.4 is 20.7 Å². The van der Waals surface area contributed by atoms with E-state index >= 15 is 0 Å². The van der Waals surface area contributed by atoms with Crippen LogP contribution in [0.1, 0.15) is 29.8 Å². The molecule has 3 aromatic rings. The van der Waals surface area contributed by atoms with Crippen LogP contribution in [0.3, 0.4) is 0 Å². The van der Waals surface area contributed by atoms with Gasteiger partial charge in [-0.25, -0.2) is 13.4 Å². The summed E-state index contributed by atoms with van der Waals surface area (Å²) in [4.78, 5) is 11.9. The average molecular weight is 496 g/mol. The van der Waals surface area contributed by atoms with Crippen molar-refractivity contribution in [3.05, 3.63) is 65.6 Å². The summed E-state index contributed by atoms with van der Waals surface area (Å²) < 4.78 is 65.5. The number of rotatable bonds is 8. The normalized spacial score (nSPS) is 12.8. The second-order valence-electron chi connectivity index (χ2n) is 7.54. The van der Waals surface area contributed by atoms with Crippen molar-refractivity contribution in [1.82, 2.24) is 15.0 Å². The molecule has 0 spiro atoms. The van der Waals surface area contributed by atoms with Crippen molar-refractivity contribution in [2.45, 2.75) is 25.7 Å². The summed E-state index contributed by atoms with van der Waals surface area (Å²) >= 11 is 0. The number of aromatic nitrogens is 3. The summed E-state index contributed by atoms with van der Waals surface area (Å²) in [5.41, 5.74) is 6.67. The average Bonchev–Trinajstić information content (AvgIpc) is 2.76. The van der Waals surface area contributed by atoms with Gasteiger partial charge in [0.1, 0.15) is 11.4 Å². The number of benzene rings is 1. The topological polar surface area (TPSA) is 126 Å². The van der Waals surface area contributed by atoms with Crippen molar-refractivity contribution >= 4 is 33.2 Å². The molecule has 0 fully saturated rings. The minimum Gasteiger partial charge on any atom is -0.364 e. The van der Waals surface area contributed by atoms with Crippen molar-refractivity contribution in [3.8, 4) is 0 Å². The Morgan fingerprint density at radius 2 is 1.82 bits per heavy atom. The van der Waals surface area contributed by atoms with Crippen LogP contribution in [0.15, 0.2) is 48.8 Å². The molecule has 0 amide bonds. The molecule has 0 saturated heterocycles. The summed E-state index contributed by atoms with van der Waals surface area (Å²) in [6.45, 7) is 1.62. The number of sulfonamides is 1. The van der Waals surface area contributed by atoms with Gasteiger partial charge < -0.3 is 16.4 Å². The molecule has 0 radical (unpaired) electrons. The molecule has 1 atom stereocenters. The van der Waals surface area contributed by atoms with Crippen molar-refractivity contribution in [2.75, 3.05) is 28.2 Å². The molecule has 1 unspecified atom stereocenters. The third-order valence-corrected chi connectivity index (χ3v) is 6.10. The van der Waals surface area contributed by atoms with Gasteiger partial charge in [-0.2, -0.15) is 18.2 Å². The van der Waals surface area contributed by atoms with Gasteiger partial charge in [-0.15, -0.1) is 0 Å². The zero-order chi connectivity index (χ0) is 25.1. The number of nitrogens with one attached hydrogen (secondary N) is 2. The highest BCUT2D eigenvalue weighted by Crippen LogP contribution is 2.34. The molecule has 0 aliphatic heterocycles. The van der Waals surface area contributed by atoms with E-state index in [0.717, 1.165) is 16.1 Å². The van der Waals surface area contributed by atoms with Gasteiger partial charge in [0.25, 0.3) is 0 Å². The Hall–Kier alpha value is -3.45. The first-order valence-corrected chi connectivity index (χ1v) is 11.9. The van der Waals surface area contributed by atoms with E-state index in [1.807, 2.05) is 6.92 Å². The van der Waals surface area contributed by atoms with Crippen LogP contribution in [0.25, 0.3) is 0 Å². The highest BCUT2D eigenvalue weighted by atomic mass is 32.2. The monoisotopic (exact) mass is 495 g/mol. The molecule has 0 saturated carbocycles. The van der Waals surface area contributed by atoms with Gasteiger partial charge in [-0.1, -0.05) is 12.1 Å². The van der Waals surface area contributed by atoms with Crippen LogP contribution in [-0.2, 0) is 22.7 Å². The van der Waals surface area contributed by atoms with Crippen LogP contribution >= 0.6 is 0 Å². The van der Waals surface area contributed by atoms with E-state index in [4.69, 9.17) is 5.73 Å². The number of hydrogen-bond acceptors (Lipinski definition) is 8. The Balaban J connectivity index is 1.89. The van der Waals surface area contributed by atoms with E-state index in [1.165, 1.54) is 25.4 Å². The molecule has 34 heavy (non-hydrogen) atoms. The van der Waals surface area contributed by atoms with Crippen LogP contribution in [-0.4, -0.2) is 36.7 Å². The number of halogens is 3. The maximum absolute atomic E-state index is 13.6. The highest BCUT2D eigenvalue weighted by Gasteiger charge is 2.35. The van der Waals surface area contributed by atoms with E-state index in [1.54, 1.807) is 24.3 Å². The standard InChI is InChI=1S/C21H24F3N7O2S/c1-13(25)14-6-8-15(9-7-14)29-20-28-11-16(21(22,23)24)19(30-20)27-12-17-18(5-4-10-26-17)31(2)34(3,32)33/h4-11,13H,12,25H2,1-3H3,(H2,27,28,29,30). The fourth-order valence-electron chi connectivity index (χ4n) is 2.98. The molecular formula is C21H24F3N7O2S. The number of anilines is 4.